The predicted octanol–water partition coefficient (Wildman–Crippen LogP) is 3.49. The maximum atomic E-state index is 11.6. The Hall–Kier alpha value is -2.41. The van der Waals surface area contributed by atoms with Crippen LogP contribution in [0.15, 0.2) is 33.7 Å². The molecular formula is C18H22N4O2S. The first-order valence-electron chi connectivity index (χ1n) is 8.37. The van der Waals surface area contributed by atoms with Crippen LogP contribution in [0, 0.1) is 0 Å². The van der Waals surface area contributed by atoms with Crippen LogP contribution in [0.1, 0.15) is 33.1 Å². The third-order valence-electron chi connectivity index (χ3n) is 3.95. The normalized spacial score (nSPS) is 14.9. The van der Waals surface area contributed by atoms with Gasteiger partial charge in [0.15, 0.2) is 6.61 Å². The third-order valence-corrected chi connectivity index (χ3v) is 4.86. The largest absolute Gasteiger partial charge is 0.482 e. The molecule has 0 spiro atoms. The molecule has 0 saturated heterocycles. The second kappa shape index (κ2) is 7.65. The van der Waals surface area contributed by atoms with E-state index in [9.17, 15) is 4.79 Å². The fourth-order valence-electron chi connectivity index (χ4n) is 2.64. The Balaban J connectivity index is 2.02. The molecule has 2 aromatic rings. The predicted molar refractivity (Wildman–Crippen MR) is 101 cm³/mol. The molecule has 1 aliphatic rings. The van der Waals surface area contributed by atoms with Crippen molar-refractivity contribution >= 4 is 28.6 Å². The number of aromatic nitrogens is 1. The molecular weight excluding hydrogens is 336 g/mol. The lowest BCUT2D eigenvalue weighted by molar-refractivity contribution is -0.118. The summed E-state index contributed by atoms with van der Waals surface area (Å²) in [5.41, 5.74) is 3.67. The zero-order valence-electron chi connectivity index (χ0n) is 14.7. The van der Waals surface area contributed by atoms with Crippen LogP contribution in [-0.2, 0) is 4.79 Å². The Morgan fingerprint density at radius 3 is 3.04 bits per heavy atom. The lowest BCUT2D eigenvalue weighted by Gasteiger charge is -2.18. The summed E-state index contributed by atoms with van der Waals surface area (Å²) in [4.78, 5) is 16.7. The van der Waals surface area contributed by atoms with Crippen LogP contribution in [-0.4, -0.2) is 29.9 Å². The molecule has 25 heavy (non-hydrogen) atoms. The molecule has 1 aromatic carbocycles. The molecule has 6 nitrogen and oxygen atoms in total. The van der Waals surface area contributed by atoms with E-state index in [1.165, 1.54) is 0 Å². The number of fused-ring (bicyclic) bond motifs is 1. The molecule has 1 aromatic heterocycles. The van der Waals surface area contributed by atoms with Gasteiger partial charge >= 0.3 is 0 Å². The Morgan fingerprint density at radius 2 is 2.28 bits per heavy atom. The Kier molecular flexibility index (Phi) is 5.33. The molecule has 1 amide bonds. The highest BCUT2D eigenvalue weighted by Crippen LogP contribution is 2.32. The van der Waals surface area contributed by atoms with Crippen molar-refractivity contribution in [2.45, 2.75) is 33.1 Å². The van der Waals surface area contributed by atoms with Gasteiger partial charge in [-0.15, -0.1) is 11.3 Å². The summed E-state index contributed by atoms with van der Waals surface area (Å²) in [6, 6.07) is 5.77. The number of hydrogen-bond acceptors (Lipinski definition) is 5. The molecule has 7 heteroatoms. The lowest BCUT2D eigenvalue weighted by Crippen LogP contribution is -2.25. The van der Waals surface area contributed by atoms with Crippen molar-refractivity contribution in [3.05, 3.63) is 28.4 Å². The smallest absolute Gasteiger partial charge is 0.262 e. The van der Waals surface area contributed by atoms with Gasteiger partial charge < -0.3 is 10.1 Å². The number of unbranched alkanes of at least 4 members (excludes halogenated alkanes) is 1. The van der Waals surface area contributed by atoms with Crippen molar-refractivity contribution in [2.75, 3.05) is 19.0 Å². The van der Waals surface area contributed by atoms with Crippen molar-refractivity contribution in [3.63, 3.8) is 0 Å². The number of anilines is 1. The first-order valence-corrected chi connectivity index (χ1v) is 9.25. The van der Waals surface area contributed by atoms with E-state index in [0.717, 1.165) is 41.0 Å². The van der Waals surface area contributed by atoms with E-state index in [1.54, 1.807) is 18.4 Å². The monoisotopic (exact) mass is 358 g/mol. The highest BCUT2D eigenvalue weighted by Gasteiger charge is 2.17. The van der Waals surface area contributed by atoms with E-state index in [4.69, 9.17) is 9.84 Å². The number of benzene rings is 1. The van der Waals surface area contributed by atoms with Crippen LogP contribution in [0.3, 0.4) is 0 Å². The molecule has 3 rings (SSSR count). The molecule has 0 radical (unpaired) electrons. The summed E-state index contributed by atoms with van der Waals surface area (Å²) in [6.45, 7) is 4.28. The van der Waals surface area contributed by atoms with Gasteiger partial charge in [0.25, 0.3) is 5.91 Å². The summed E-state index contributed by atoms with van der Waals surface area (Å²) in [5.74, 6) is 0.550. The van der Waals surface area contributed by atoms with E-state index in [2.05, 4.69) is 17.2 Å². The summed E-state index contributed by atoms with van der Waals surface area (Å²) >= 11 is 1.55. The molecule has 0 saturated carbocycles. The first kappa shape index (κ1) is 17.4. The molecule has 0 atom stereocenters. The molecule has 0 aliphatic carbocycles. The van der Waals surface area contributed by atoms with E-state index >= 15 is 0 Å². The van der Waals surface area contributed by atoms with Crippen LogP contribution in [0.2, 0.25) is 0 Å². The lowest BCUT2D eigenvalue weighted by atomic mass is 10.1. The molecule has 0 bridgehead atoms. The van der Waals surface area contributed by atoms with Crippen LogP contribution >= 0.6 is 11.3 Å². The van der Waals surface area contributed by atoms with Gasteiger partial charge in [0.1, 0.15) is 5.75 Å². The van der Waals surface area contributed by atoms with Crippen molar-refractivity contribution in [2.24, 2.45) is 10.1 Å². The number of thiazole rings is 1. The van der Waals surface area contributed by atoms with Gasteiger partial charge in [-0.3, -0.25) is 9.79 Å². The van der Waals surface area contributed by atoms with E-state index in [-0.39, 0.29) is 12.5 Å². The Morgan fingerprint density at radius 1 is 1.44 bits per heavy atom. The summed E-state index contributed by atoms with van der Waals surface area (Å²) < 4.78 is 7.31. The van der Waals surface area contributed by atoms with Gasteiger partial charge in [-0.1, -0.05) is 13.3 Å². The summed E-state index contributed by atoms with van der Waals surface area (Å²) in [7, 11) is 1.77. The molecule has 1 N–H and O–H groups in total. The second-order valence-corrected chi connectivity index (χ2v) is 6.76. The van der Waals surface area contributed by atoms with E-state index in [1.807, 2.05) is 35.2 Å². The molecule has 1 aliphatic heterocycles. The second-order valence-electron chi connectivity index (χ2n) is 5.93. The first-order chi connectivity index (χ1) is 12.1. The van der Waals surface area contributed by atoms with Gasteiger partial charge in [0.05, 0.1) is 11.4 Å². The fraction of sp³-hybridized carbons (Fsp3) is 0.389. The number of amides is 1. The fourth-order valence-corrected chi connectivity index (χ4v) is 3.44. The maximum Gasteiger partial charge on any atom is 0.262 e. The number of carbonyl (C=O) groups is 1. The zero-order valence-corrected chi connectivity index (χ0v) is 15.5. The number of hydrogen-bond donors (Lipinski definition) is 1. The number of rotatable bonds is 5. The van der Waals surface area contributed by atoms with Gasteiger partial charge in [-0.05, 0) is 38.0 Å². The standard InChI is InChI=1S/C18H22N4O2S/c1-4-5-6-12(2)21-22-15(11-25-18(22)19-3)13-7-8-16-14(9-13)20-17(23)10-24-16/h7-9,11H,4-6,10H2,1-3H3,(H,20,23). The highest BCUT2D eigenvalue weighted by molar-refractivity contribution is 7.07. The minimum absolute atomic E-state index is 0.0601. The number of carbonyl (C=O) groups excluding carboxylic acids is 1. The average Bonchev–Trinajstić information content (AvgIpc) is 3.01. The summed E-state index contributed by atoms with van der Waals surface area (Å²) in [5, 5.41) is 9.65. The maximum absolute atomic E-state index is 11.6. The molecule has 132 valence electrons. The minimum Gasteiger partial charge on any atom is -0.482 e. The molecule has 0 unspecified atom stereocenters. The molecule has 0 fully saturated rings. The van der Waals surface area contributed by atoms with Crippen molar-refractivity contribution < 1.29 is 9.53 Å². The van der Waals surface area contributed by atoms with Gasteiger partial charge in [0, 0.05) is 23.7 Å². The van der Waals surface area contributed by atoms with E-state index < -0.39 is 0 Å². The number of ether oxygens (including phenoxy) is 1. The van der Waals surface area contributed by atoms with Gasteiger partial charge in [-0.2, -0.15) is 5.10 Å². The van der Waals surface area contributed by atoms with E-state index in [0.29, 0.717) is 11.4 Å². The zero-order chi connectivity index (χ0) is 17.8. The van der Waals surface area contributed by atoms with Gasteiger partial charge in [-0.25, -0.2) is 4.68 Å². The van der Waals surface area contributed by atoms with Gasteiger partial charge in [0.2, 0.25) is 4.80 Å². The Labute approximate surface area is 150 Å². The number of nitrogens with zero attached hydrogens (tertiary/aromatic N) is 3. The average molecular weight is 358 g/mol. The van der Waals surface area contributed by atoms with Crippen molar-refractivity contribution in [1.29, 1.82) is 0 Å². The van der Waals surface area contributed by atoms with Crippen LogP contribution in [0.5, 0.6) is 5.75 Å². The van der Waals surface area contributed by atoms with Crippen LogP contribution in [0.25, 0.3) is 11.3 Å². The van der Waals surface area contributed by atoms with Crippen LogP contribution < -0.4 is 14.9 Å². The SMILES string of the molecule is CCCCC(C)=Nn1c(-c2ccc3c(c2)NC(=O)CO3)csc1=NC. The third kappa shape index (κ3) is 3.82. The topological polar surface area (TPSA) is 68.0 Å². The highest BCUT2D eigenvalue weighted by atomic mass is 32.1. The van der Waals surface area contributed by atoms with Crippen molar-refractivity contribution in [1.82, 2.24) is 4.68 Å². The minimum atomic E-state index is -0.138. The molecule has 2 heterocycles. The summed E-state index contributed by atoms with van der Waals surface area (Å²) in [6.07, 6.45) is 3.23. The van der Waals surface area contributed by atoms with Crippen LogP contribution in [0.4, 0.5) is 5.69 Å². The quantitative estimate of drug-likeness (QED) is 0.831. The number of nitrogens with one attached hydrogen (secondary N) is 1. The van der Waals surface area contributed by atoms with Crippen molar-refractivity contribution in [3.8, 4) is 17.0 Å². The Bertz CT molecular complexity index is 879.